The Bertz CT molecular complexity index is 989. The van der Waals surface area contributed by atoms with E-state index in [1.807, 2.05) is 25.3 Å². The number of fused-ring (bicyclic) bond motifs is 1. The van der Waals surface area contributed by atoms with Crippen LogP contribution in [0.25, 0.3) is 16.8 Å². The lowest BCUT2D eigenvalue weighted by Crippen LogP contribution is -2.38. The van der Waals surface area contributed by atoms with Crippen molar-refractivity contribution in [2.75, 3.05) is 31.6 Å². The van der Waals surface area contributed by atoms with Crippen molar-refractivity contribution in [1.82, 2.24) is 19.5 Å². The number of likely N-dealkylation sites (tertiary alicyclic amines) is 1. The van der Waals surface area contributed by atoms with Gasteiger partial charge in [0.25, 0.3) is 0 Å². The van der Waals surface area contributed by atoms with Crippen LogP contribution < -0.4 is 10.1 Å². The first-order chi connectivity index (χ1) is 14.6. The number of hydrogen-bond donors (Lipinski definition) is 1. The highest BCUT2D eigenvalue weighted by atomic mass is 19.1. The molecule has 6 nitrogen and oxygen atoms in total. The molecule has 3 aromatic rings. The van der Waals surface area contributed by atoms with Gasteiger partial charge in [-0.2, -0.15) is 5.10 Å². The molecule has 0 radical (unpaired) electrons. The maximum atomic E-state index is 14.3. The number of nitrogens with one attached hydrogen (secondary N) is 1. The Morgan fingerprint density at radius 1 is 1.27 bits per heavy atom. The van der Waals surface area contributed by atoms with Gasteiger partial charge in [0.1, 0.15) is 17.4 Å². The van der Waals surface area contributed by atoms with Gasteiger partial charge in [0.2, 0.25) is 0 Å². The lowest BCUT2D eigenvalue weighted by molar-refractivity contribution is 0.148. The van der Waals surface area contributed by atoms with Gasteiger partial charge in [-0.15, -0.1) is 0 Å². The SMILES string of the molecule is CCNc1ccn2ncc(-c3cc(F)cc(OCCCN4CCCCC4C)c3)c2n1. The van der Waals surface area contributed by atoms with Gasteiger partial charge < -0.3 is 15.0 Å². The van der Waals surface area contributed by atoms with Crippen LogP contribution >= 0.6 is 0 Å². The first-order valence-corrected chi connectivity index (χ1v) is 10.9. The van der Waals surface area contributed by atoms with Crippen molar-refractivity contribution in [3.8, 4) is 16.9 Å². The van der Waals surface area contributed by atoms with Crippen LogP contribution in [-0.2, 0) is 0 Å². The molecule has 0 bridgehead atoms. The molecular formula is C23H30FN5O. The third-order valence-corrected chi connectivity index (χ3v) is 5.71. The fraction of sp³-hybridized carbons (Fsp3) is 0.478. The maximum Gasteiger partial charge on any atom is 0.165 e. The molecule has 3 heterocycles. The van der Waals surface area contributed by atoms with E-state index >= 15 is 0 Å². The van der Waals surface area contributed by atoms with Gasteiger partial charge in [-0.3, -0.25) is 0 Å². The molecule has 7 heteroatoms. The summed E-state index contributed by atoms with van der Waals surface area (Å²) in [5, 5.41) is 7.55. The van der Waals surface area contributed by atoms with Crippen molar-refractivity contribution in [2.24, 2.45) is 0 Å². The second-order valence-corrected chi connectivity index (χ2v) is 7.93. The zero-order chi connectivity index (χ0) is 20.9. The van der Waals surface area contributed by atoms with Crippen molar-refractivity contribution in [1.29, 1.82) is 0 Å². The first-order valence-electron chi connectivity index (χ1n) is 10.9. The number of halogens is 1. The summed E-state index contributed by atoms with van der Waals surface area (Å²) >= 11 is 0. The summed E-state index contributed by atoms with van der Waals surface area (Å²) in [5.74, 6) is 0.986. The average molecular weight is 412 g/mol. The number of ether oxygens (including phenoxy) is 1. The molecule has 0 saturated carbocycles. The zero-order valence-electron chi connectivity index (χ0n) is 17.8. The van der Waals surface area contributed by atoms with E-state index in [9.17, 15) is 4.39 Å². The third kappa shape index (κ3) is 4.73. The molecule has 1 atom stereocenters. The van der Waals surface area contributed by atoms with Crippen LogP contribution in [-0.4, -0.2) is 51.8 Å². The smallest absolute Gasteiger partial charge is 0.165 e. The second-order valence-electron chi connectivity index (χ2n) is 7.93. The molecule has 0 aliphatic carbocycles. The van der Waals surface area contributed by atoms with Gasteiger partial charge in [0.05, 0.1) is 12.8 Å². The Labute approximate surface area is 177 Å². The monoisotopic (exact) mass is 411 g/mol. The van der Waals surface area contributed by atoms with Crippen LogP contribution in [0.2, 0.25) is 0 Å². The van der Waals surface area contributed by atoms with Crippen LogP contribution in [0.15, 0.2) is 36.7 Å². The Kier molecular flexibility index (Phi) is 6.47. The van der Waals surface area contributed by atoms with Crippen LogP contribution in [0, 0.1) is 5.82 Å². The second kappa shape index (κ2) is 9.43. The number of anilines is 1. The summed E-state index contributed by atoms with van der Waals surface area (Å²) in [7, 11) is 0. The normalized spacial score (nSPS) is 17.4. The molecule has 0 spiro atoms. The highest BCUT2D eigenvalue weighted by Crippen LogP contribution is 2.29. The third-order valence-electron chi connectivity index (χ3n) is 5.71. The van der Waals surface area contributed by atoms with Crippen molar-refractivity contribution < 1.29 is 9.13 Å². The topological polar surface area (TPSA) is 54.7 Å². The average Bonchev–Trinajstić information content (AvgIpc) is 3.16. The van der Waals surface area contributed by atoms with E-state index in [1.54, 1.807) is 10.7 Å². The molecule has 4 rings (SSSR count). The highest BCUT2D eigenvalue weighted by molar-refractivity contribution is 5.78. The molecule has 30 heavy (non-hydrogen) atoms. The van der Waals surface area contributed by atoms with Crippen LogP contribution in [0.4, 0.5) is 10.2 Å². The van der Waals surface area contributed by atoms with Gasteiger partial charge in [0.15, 0.2) is 5.65 Å². The summed E-state index contributed by atoms with van der Waals surface area (Å²) in [6, 6.07) is 7.33. The summed E-state index contributed by atoms with van der Waals surface area (Å²) < 4.78 is 21.9. The number of hydrogen-bond acceptors (Lipinski definition) is 5. The number of piperidine rings is 1. The van der Waals surface area contributed by atoms with E-state index < -0.39 is 0 Å². The number of benzene rings is 1. The Morgan fingerprint density at radius 3 is 3.00 bits per heavy atom. The van der Waals surface area contributed by atoms with E-state index in [2.05, 4.69) is 27.2 Å². The Morgan fingerprint density at radius 2 is 2.17 bits per heavy atom. The fourth-order valence-corrected chi connectivity index (χ4v) is 4.10. The number of nitrogens with zero attached hydrogens (tertiary/aromatic N) is 4. The lowest BCUT2D eigenvalue weighted by atomic mass is 10.0. The molecule has 1 aliphatic rings. The van der Waals surface area contributed by atoms with Crippen molar-refractivity contribution in [3.63, 3.8) is 0 Å². The standard InChI is InChI=1S/C23H30FN5O/c1-3-25-22-8-11-29-23(27-22)21(16-26-29)18-13-19(24)15-20(14-18)30-12-6-10-28-9-5-4-7-17(28)2/h8,11,13-17H,3-7,9-10,12H2,1-2H3,(H,25,27). The zero-order valence-corrected chi connectivity index (χ0v) is 17.8. The minimum Gasteiger partial charge on any atom is -0.493 e. The van der Waals surface area contributed by atoms with Crippen molar-refractivity contribution in [3.05, 3.63) is 42.5 Å². The van der Waals surface area contributed by atoms with Gasteiger partial charge in [-0.25, -0.2) is 13.9 Å². The molecule has 0 amide bonds. The molecule has 2 aromatic heterocycles. The molecule has 1 fully saturated rings. The maximum absolute atomic E-state index is 14.3. The molecule has 160 valence electrons. The predicted molar refractivity (Wildman–Crippen MR) is 118 cm³/mol. The largest absolute Gasteiger partial charge is 0.493 e. The van der Waals surface area contributed by atoms with E-state index in [0.717, 1.165) is 30.9 Å². The molecule has 1 saturated heterocycles. The van der Waals surface area contributed by atoms with Crippen molar-refractivity contribution in [2.45, 2.75) is 45.6 Å². The molecule has 1 aromatic carbocycles. The molecule has 1 N–H and O–H groups in total. The molecular weight excluding hydrogens is 381 g/mol. The summed E-state index contributed by atoms with van der Waals surface area (Å²) in [6.45, 7) is 7.86. The number of aromatic nitrogens is 3. The van der Waals surface area contributed by atoms with E-state index in [-0.39, 0.29) is 5.82 Å². The van der Waals surface area contributed by atoms with Gasteiger partial charge in [-0.1, -0.05) is 6.42 Å². The number of rotatable bonds is 8. The van der Waals surface area contributed by atoms with E-state index in [1.165, 1.54) is 37.9 Å². The fourth-order valence-electron chi connectivity index (χ4n) is 4.10. The predicted octanol–water partition coefficient (Wildman–Crippen LogP) is 4.61. The quantitative estimate of drug-likeness (QED) is 0.549. The van der Waals surface area contributed by atoms with Crippen LogP contribution in [0.5, 0.6) is 5.75 Å². The molecule has 1 unspecified atom stereocenters. The first kappa shape index (κ1) is 20.6. The minimum absolute atomic E-state index is 0.325. The van der Waals surface area contributed by atoms with Gasteiger partial charge in [0, 0.05) is 37.0 Å². The summed E-state index contributed by atoms with van der Waals surface area (Å²) in [4.78, 5) is 7.14. The van der Waals surface area contributed by atoms with Crippen molar-refractivity contribution >= 4 is 11.5 Å². The summed E-state index contributed by atoms with van der Waals surface area (Å²) in [6.07, 6.45) is 8.38. The van der Waals surface area contributed by atoms with E-state index in [4.69, 9.17) is 4.74 Å². The Balaban J connectivity index is 1.45. The highest BCUT2D eigenvalue weighted by Gasteiger charge is 2.17. The molecule has 1 aliphatic heterocycles. The minimum atomic E-state index is -0.325. The van der Waals surface area contributed by atoms with Gasteiger partial charge >= 0.3 is 0 Å². The summed E-state index contributed by atoms with van der Waals surface area (Å²) in [5.41, 5.74) is 2.18. The van der Waals surface area contributed by atoms with Gasteiger partial charge in [-0.05, 0) is 63.4 Å². The van der Waals surface area contributed by atoms with Crippen LogP contribution in [0.3, 0.4) is 0 Å². The van der Waals surface area contributed by atoms with Crippen LogP contribution in [0.1, 0.15) is 39.5 Å². The Hall–Kier alpha value is -2.67. The van der Waals surface area contributed by atoms with E-state index in [0.29, 0.717) is 29.6 Å². The lowest BCUT2D eigenvalue weighted by Gasteiger charge is -2.33.